The van der Waals surface area contributed by atoms with Crippen molar-refractivity contribution in [2.45, 2.75) is 13.5 Å². The molecular weight excluding hydrogens is 456 g/mol. The standard InChI is InChI=1S/C28H30N4O4/c1-18-24(27(33)29-10-11-35-2)8-9-26-25(18)17-32(30-26)16-19-14-31(15-19)28(34)21-5-4-20-6-7-23(36-3)13-22(20)12-21/h4-9,12-13,17,19H,10-11,14-16H2,1-3H3,(H,29,33). The number of benzene rings is 3. The van der Waals surface area contributed by atoms with E-state index >= 15 is 0 Å². The molecule has 8 heteroatoms. The monoisotopic (exact) mass is 486 g/mol. The molecule has 2 amide bonds. The molecule has 0 aliphatic carbocycles. The third-order valence-corrected chi connectivity index (χ3v) is 6.83. The van der Waals surface area contributed by atoms with E-state index in [1.807, 2.05) is 71.2 Å². The highest BCUT2D eigenvalue weighted by atomic mass is 16.5. The van der Waals surface area contributed by atoms with Crippen LogP contribution in [0.25, 0.3) is 21.7 Å². The normalized spacial score (nSPS) is 13.7. The van der Waals surface area contributed by atoms with Gasteiger partial charge in [-0.15, -0.1) is 0 Å². The van der Waals surface area contributed by atoms with Gasteiger partial charge in [0.1, 0.15) is 5.75 Å². The van der Waals surface area contributed by atoms with Gasteiger partial charge in [0.15, 0.2) is 0 Å². The molecule has 4 aromatic rings. The summed E-state index contributed by atoms with van der Waals surface area (Å²) in [5.41, 5.74) is 3.10. The maximum atomic E-state index is 13.0. The molecule has 186 valence electrons. The number of nitrogens with one attached hydrogen (secondary N) is 1. The van der Waals surface area contributed by atoms with Crippen molar-refractivity contribution in [1.29, 1.82) is 0 Å². The number of aromatic nitrogens is 2. The first-order valence-electron chi connectivity index (χ1n) is 12.1. The molecule has 0 unspecified atom stereocenters. The average molecular weight is 487 g/mol. The zero-order chi connectivity index (χ0) is 25.2. The lowest BCUT2D eigenvalue weighted by atomic mass is 9.98. The van der Waals surface area contributed by atoms with Crippen LogP contribution in [0.15, 0.2) is 54.7 Å². The van der Waals surface area contributed by atoms with Gasteiger partial charge in [0, 0.05) is 61.9 Å². The van der Waals surface area contributed by atoms with E-state index in [2.05, 4.69) is 5.32 Å². The summed E-state index contributed by atoms with van der Waals surface area (Å²) in [7, 11) is 3.25. The predicted octanol–water partition coefficient (Wildman–Crippen LogP) is 3.65. The van der Waals surface area contributed by atoms with Crippen molar-refractivity contribution in [3.8, 4) is 5.75 Å². The zero-order valence-electron chi connectivity index (χ0n) is 20.8. The Hall–Kier alpha value is -3.91. The molecule has 0 saturated carbocycles. The summed E-state index contributed by atoms with van der Waals surface area (Å²) in [5, 5.41) is 10.6. The number of amides is 2. The van der Waals surface area contributed by atoms with Gasteiger partial charge in [0.05, 0.1) is 19.2 Å². The summed E-state index contributed by atoms with van der Waals surface area (Å²) in [6.45, 7) is 5.00. The summed E-state index contributed by atoms with van der Waals surface area (Å²) in [4.78, 5) is 27.4. The minimum atomic E-state index is -0.112. The average Bonchev–Trinajstić information content (AvgIpc) is 3.29. The van der Waals surface area contributed by atoms with Crippen LogP contribution in [-0.4, -0.2) is 67.0 Å². The van der Waals surface area contributed by atoms with Crippen LogP contribution in [0.3, 0.4) is 0 Å². The molecule has 1 fully saturated rings. The topological polar surface area (TPSA) is 85.7 Å². The molecule has 1 saturated heterocycles. The Bertz CT molecular complexity index is 1440. The van der Waals surface area contributed by atoms with Gasteiger partial charge in [-0.3, -0.25) is 14.3 Å². The fourth-order valence-electron chi connectivity index (χ4n) is 4.77. The van der Waals surface area contributed by atoms with Crippen LogP contribution in [-0.2, 0) is 11.3 Å². The van der Waals surface area contributed by atoms with Crippen LogP contribution in [0.1, 0.15) is 26.3 Å². The summed E-state index contributed by atoms with van der Waals surface area (Å²) in [6.07, 6.45) is 2.00. The number of ether oxygens (including phenoxy) is 2. The molecular formula is C28H30N4O4. The number of carbonyl (C=O) groups excluding carboxylic acids is 2. The first-order chi connectivity index (χ1) is 17.5. The molecule has 0 radical (unpaired) electrons. The number of likely N-dealkylation sites (tertiary alicyclic amines) is 1. The third-order valence-electron chi connectivity index (χ3n) is 6.83. The van der Waals surface area contributed by atoms with Crippen LogP contribution < -0.4 is 10.1 Å². The Kier molecular flexibility index (Phi) is 6.61. The smallest absolute Gasteiger partial charge is 0.253 e. The maximum absolute atomic E-state index is 13.0. The van der Waals surface area contributed by atoms with Crippen molar-refractivity contribution in [1.82, 2.24) is 20.0 Å². The highest BCUT2D eigenvalue weighted by Crippen LogP contribution is 2.26. The second-order valence-electron chi connectivity index (χ2n) is 9.27. The van der Waals surface area contributed by atoms with Crippen LogP contribution in [0.5, 0.6) is 5.75 Å². The number of fused-ring (bicyclic) bond motifs is 2. The van der Waals surface area contributed by atoms with Gasteiger partial charge in [-0.25, -0.2) is 0 Å². The van der Waals surface area contributed by atoms with Gasteiger partial charge < -0.3 is 19.7 Å². The number of nitrogens with zero attached hydrogens (tertiary/aromatic N) is 3. The first-order valence-corrected chi connectivity index (χ1v) is 12.1. The Morgan fingerprint density at radius 2 is 1.86 bits per heavy atom. The van der Waals surface area contributed by atoms with E-state index in [0.717, 1.165) is 39.5 Å². The van der Waals surface area contributed by atoms with Gasteiger partial charge >= 0.3 is 0 Å². The van der Waals surface area contributed by atoms with E-state index in [9.17, 15) is 9.59 Å². The van der Waals surface area contributed by atoms with Gasteiger partial charge in [0.25, 0.3) is 11.8 Å². The Balaban J connectivity index is 1.22. The molecule has 1 aliphatic rings. The quantitative estimate of drug-likeness (QED) is 0.384. The fraction of sp³-hybridized carbons (Fsp3) is 0.321. The number of carbonyl (C=O) groups is 2. The van der Waals surface area contributed by atoms with Gasteiger partial charge in [-0.1, -0.05) is 12.1 Å². The van der Waals surface area contributed by atoms with Crippen molar-refractivity contribution in [2.75, 3.05) is 40.5 Å². The molecule has 3 aromatic carbocycles. The van der Waals surface area contributed by atoms with Crippen LogP contribution >= 0.6 is 0 Å². The van der Waals surface area contributed by atoms with Gasteiger partial charge in [-0.2, -0.15) is 5.10 Å². The van der Waals surface area contributed by atoms with Crippen molar-refractivity contribution in [2.24, 2.45) is 5.92 Å². The number of aryl methyl sites for hydroxylation is 1. The molecule has 36 heavy (non-hydrogen) atoms. The lowest BCUT2D eigenvalue weighted by Crippen LogP contribution is -2.51. The SMILES string of the molecule is COCCNC(=O)c1ccc2nn(CC3CN(C(=O)c4ccc5ccc(OC)cc5c4)C3)cc2c1C. The number of hydrogen-bond donors (Lipinski definition) is 1. The minimum Gasteiger partial charge on any atom is -0.497 e. The highest BCUT2D eigenvalue weighted by molar-refractivity contribution is 6.01. The maximum Gasteiger partial charge on any atom is 0.253 e. The van der Waals surface area contributed by atoms with E-state index in [-0.39, 0.29) is 11.8 Å². The predicted molar refractivity (Wildman–Crippen MR) is 139 cm³/mol. The molecule has 1 aliphatic heterocycles. The van der Waals surface area contributed by atoms with Crippen LogP contribution in [0, 0.1) is 12.8 Å². The zero-order valence-corrected chi connectivity index (χ0v) is 20.8. The van der Waals surface area contributed by atoms with E-state index in [1.165, 1.54) is 0 Å². The van der Waals surface area contributed by atoms with E-state index < -0.39 is 0 Å². The summed E-state index contributed by atoms with van der Waals surface area (Å²) < 4.78 is 12.2. The number of hydrogen-bond acceptors (Lipinski definition) is 5. The lowest BCUT2D eigenvalue weighted by molar-refractivity contribution is 0.0462. The van der Waals surface area contributed by atoms with E-state index in [0.29, 0.717) is 43.3 Å². The lowest BCUT2D eigenvalue weighted by Gasteiger charge is -2.39. The largest absolute Gasteiger partial charge is 0.497 e. The Morgan fingerprint density at radius 3 is 2.64 bits per heavy atom. The summed E-state index contributed by atoms with van der Waals surface area (Å²) in [5.74, 6) is 1.04. The minimum absolute atomic E-state index is 0.0431. The van der Waals surface area contributed by atoms with Crippen molar-refractivity contribution in [3.63, 3.8) is 0 Å². The molecule has 5 rings (SSSR count). The van der Waals surface area contributed by atoms with E-state index in [1.54, 1.807) is 14.2 Å². The van der Waals surface area contributed by atoms with Crippen molar-refractivity contribution in [3.05, 3.63) is 71.4 Å². The Morgan fingerprint density at radius 1 is 1.06 bits per heavy atom. The molecule has 2 heterocycles. The van der Waals surface area contributed by atoms with Gasteiger partial charge in [0.2, 0.25) is 0 Å². The number of rotatable bonds is 8. The molecule has 0 atom stereocenters. The fourth-order valence-corrected chi connectivity index (χ4v) is 4.77. The van der Waals surface area contributed by atoms with Crippen LogP contribution in [0.4, 0.5) is 0 Å². The highest BCUT2D eigenvalue weighted by Gasteiger charge is 2.31. The second-order valence-corrected chi connectivity index (χ2v) is 9.27. The van der Waals surface area contributed by atoms with Gasteiger partial charge in [-0.05, 0) is 59.7 Å². The van der Waals surface area contributed by atoms with Crippen LogP contribution in [0.2, 0.25) is 0 Å². The number of methoxy groups -OCH3 is 2. The third kappa shape index (κ3) is 4.64. The first kappa shape index (κ1) is 23.8. The van der Waals surface area contributed by atoms with Crippen molar-refractivity contribution >= 4 is 33.5 Å². The summed E-state index contributed by atoms with van der Waals surface area (Å²) in [6, 6.07) is 15.4. The Labute approximate surface area is 209 Å². The molecule has 1 aromatic heterocycles. The summed E-state index contributed by atoms with van der Waals surface area (Å²) >= 11 is 0. The molecule has 1 N–H and O–H groups in total. The van der Waals surface area contributed by atoms with Crippen molar-refractivity contribution < 1.29 is 19.1 Å². The molecule has 0 bridgehead atoms. The second kappa shape index (κ2) is 9.99. The molecule has 0 spiro atoms. The van der Waals surface area contributed by atoms with E-state index in [4.69, 9.17) is 14.6 Å². The molecule has 8 nitrogen and oxygen atoms in total.